The first-order chi connectivity index (χ1) is 12.1. The number of hydrogen-bond acceptors (Lipinski definition) is 4. The van der Waals surface area contributed by atoms with E-state index in [0.29, 0.717) is 23.2 Å². The van der Waals surface area contributed by atoms with Crippen LogP contribution in [0.2, 0.25) is 0 Å². The molecule has 2 aromatic rings. The van der Waals surface area contributed by atoms with Gasteiger partial charge in [-0.1, -0.05) is 50.5 Å². The van der Waals surface area contributed by atoms with Crippen molar-refractivity contribution in [3.8, 4) is 29.6 Å². The van der Waals surface area contributed by atoms with Gasteiger partial charge in [0.15, 0.2) is 11.5 Å². The van der Waals surface area contributed by atoms with E-state index in [1.165, 1.54) is 5.56 Å². The van der Waals surface area contributed by atoms with Gasteiger partial charge in [-0.2, -0.15) is 4.21 Å². The standard InChI is InChI=1S/C20H22O4S/c1-4-8-16(3)17-11-13-18(14-12-17)23-19-9-6-7-10-20(19)24-25(21)22-15-5-2/h2,6-7,9-14,16H,4,8,15H2,1,3H3. The van der Waals surface area contributed by atoms with E-state index >= 15 is 0 Å². The van der Waals surface area contributed by atoms with E-state index in [-0.39, 0.29) is 6.61 Å². The molecular weight excluding hydrogens is 336 g/mol. The molecule has 0 radical (unpaired) electrons. The summed E-state index contributed by atoms with van der Waals surface area (Å²) in [6.07, 6.45) is 7.37. The molecule has 2 atom stereocenters. The Kier molecular flexibility index (Phi) is 7.52. The Bertz CT molecular complexity index is 734. The highest BCUT2D eigenvalue weighted by Crippen LogP contribution is 2.32. The van der Waals surface area contributed by atoms with Crippen LogP contribution < -0.4 is 8.92 Å². The fourth-order valence-corrected chi connectivity index (χ4v) is 2.87. The summed E-state index contributed by atoms with van der Waals surface area (Å²) < 4.78 is 27.6. The molecule has 0 spiro atoms. The van der Waals surface area contributed by atoms with Gasteiger partial charge < -0.3 is 8.92 Å². The van der Waals surface area contributed by atoms with Crippen molar-refractivity contribution in [2.75, 3.05) is 6.61 Å². The Labute approximate surface area is 152 Å². The first-order valence-corrected chi connectivity index (χ1v) is 9.17. The van der Waals surface area contributed by atoms with Gasteiger partial charge in [-0.15, -0.1) is 6.42 Å². The molecule has 2 rings (SSSR count). The molecular formula is C20H22O4S. The molecule has 2 unspecified atom stereocenters. The van der Waals surface area contributed by atoms with Gasteiger partial charge in [0.25, 0.3) is 0 Å². The minimum Gasteiger partial charge on any atom is -0.453 e. The maximum absolute atomic E-state index is 11.7. The molecule has 2 aromatic carbocycles. The lowest BCUT2D eigenvalue weighted by Gasteiger charge is -2.13. The first-order valence-electron chi connectivity index (χ1n) is 8.17. The smallest absolute Gasteiger partial charge is 0.361 e. The topological polar surface area (TPSA) is 44.8 Å². The van der Waals surface area contributed by atoms with Gasteiger partial charge in [0.2, 0.25) is 0 Å². The van der Waals surface area contributed by atoms with Crippen molar-refractivity contribution in [1.82, 2.24) is 0 Å². The first kappa shape index (κ1) is 19.0. The van der Waals surface area contributed by atoms with Crippen molar-refractivity contribution in [1.29, 1.82) is 0 Å². The Morgan fingerprint density at radius 3 is 2.44 bits per heavy atom. The van der Waals surface area contributed by atoms with Gasteiger partial charge in [0, 0.05) is 0 Å². The molecule has 0 heterocycles. The molecule has 25 heavy (non-hydrogen) atoms. The molecule has 132 valence electrons. The molecule has 5 heteroatoms. The summed E-state index contributed by atoms with van der Waals surface area (Å²) in [6.45, 7) is 4.31. The van der Waals surface area contributed by atoms with E-state index in [1.807, 2.05) is 18.2 Å². The summed E-state index contributed by atoms with van der Waals surface area (Å²) in [4.78, 5) is 0. The number of ether oxygens (including phenoxy) is 1. The highest BCUT2D eigenvalue weighted by molar-refractivity contribution is 7.75. The largest absolute Gasteiger partial charge is 0.453 e. The lowest BCUT2D eigenvalue weighted by atomic mass is 9.97. The minimum absolute atomic E-state index is 0.0902. The van der Waals surface area contributed by atoms with Crippen LogP contribution in [0.5, 0.6) is 17.2 Å². The molecule has 0 saturated carbocycles. The second-order valence-corrected chi connectivity index (χ2v) is 6.37. The minimum atomic E-state index is -1.97. The van der Waals surface area contributed by atoms with Crippen molar-refractivity contribution in [2.45, 2.75) is 32.6 Å². The van der Waals surface area contributed by atoms with E-state index < -0.39 is 11.4 Å². The number of terminal acetylenes is 1. The van der Waals surface area contributed by atoms with Gasteiger partial charge in [-0.05, 0) is 42.2 Å². The van der Waals surface area contributed by atoms with Crippen LogP contribution >= 0.6 is 0 Å². The van der Waals surface area contributed by atoms with Crippen LogP contribution in [0.3, 0.4) is 0 Å². The summed E-state index contributed by atoms with van der Waals surface area (Å²) in [5.41, 5.74) is 1.28. The van der Waals surface area contributed by atoms with E-state index in [9.17, 15) is 4.21 Å². The highest BCUT2D eigenvalue weighted by Gasteiger charge is 2.11. The van der Waals surface area contributed by atoms with Crippen LogP contribution in [0.4, 0.5) is 0 Å². The second-order valence-electron chi connectivity index (χ2n) is 5.56. The zero-order valence-electron chi connectivity index (χ0n) is 14.4. The average molecular weight is 358 g/mol. The average Bonchev–Trinajstić information content (AvgIpc) is 2.62. The third-order valence-corrected chi connectivity index (χ3v) is 4.27. The molecule has 0 fully saturated rings. The van der Waals surface area contributed by atoms with Crippen molar-refractivity contribution in [3.05, 3.63) is 54.1 Å². The number of rotatable bonds is 9. The van der Waals surface area contributed by atoms with Crippen molar-refractivity contribution < 1.29 is 17.3 Å². The number of benzene rings is 2. The van der Waals surface area contributed by atoms with E-state index in [0.717, 1.165) is 12.8 Å². The van der Waals surface area contributed by atoms with E-state index in [1.54, 1.807) is 18.2 Å². The fraction of sp³-hybridized carbons (Fsp3) is 0.300. The van der Waals surface area contributed by atoms with Crippen LogP contribution in [-0.4, -0.2) is 10.8 Å². The quantitative estimate of drug-likeness (QED) is 0.592. The zero-order chi connectivity index (χ0) is 18.1. The molecule has 4 nitrogen and oxygen atoms in total. The molecule has 0 aliphatic rings. The summed E-state index contributed by atoms with van der Waals surface area (Å²) in [5.74, 6) is 4.21. The van der Waals surface area contributed by atoms with Crippen LogP contribution in [0.25, 0.3) is 0 Å². The Hall–Kier alpha value is -2.29. The molecule has 0 bridgehead atoms. The van der Waals surface area contributed by atoms with Gasteiger partial charge in [-0.25, -0.2) is 4.18 Å². The lowest BCUT2D eigenvalue weighted by Crippen LogP contribution is -2.06. The summed E-state index contributed by atoms with van der Waals surface area (Å²) in [6, 6.07) is 14.9. The summed E-state index contributed by atoms with van der Waals surface area (Å²) in [5, 5.41) is 0. The number of para-hydroxylation sites is 2. The maximum Gasteiger partial charge on any atom is 0.361 e. The summed E-state index contributed by atoms with van der Waals surface area (Å²) in [7, 11) is 0. The zero-order valence-corrected chi connectivity index (χ0v) is 15.3. The molecule has 0 aliphatic carbocycles. The normalized spacial score (nSPS) is 12.8. The molecule has 0 N–H and O–H groups in total. The Balaban J connectivity index is 2.07. The van der Waals surface area contributed by atoms with Crippen molar-refractivity contribution in [2.24, 2.45) is 0 Å². The van der Waals surface area contributed by atoms with Gasteiger partial charge in [0.05, 0.1) is 0 Å². The Morgan fingerprint density at radius 2 is 1.80 bits per heavy atom. The van der Waals surface area contributed by atoms with Crippen LogP contribution in [0, 0.1) is 12.3 Å². The van der Waals surface area contributed by atoms with E-state index in [4.69, 9.17) is 19.5 Å². The number of hydrogen-bond donors (Lipinski definition) is 0. The predicted octanol–water partition coefficient (Wildman–Crippen LogP) is 4.99. The van der Waals surface area contributed by atoms with Gasteiger partial charge >= 0.3 is 11.4 Å². The second kappa shape index (κ2) is 9.87. The SMILES string of the molecule is C#CCOS(=O)Oc1ccccc1Oc1ccc(C(C)CCC)cc1. The highest BCUT2D eigenvalue weighted by atomic mass is 32.2. The molecule has 0 aliphatic heterocycles. The third kappa shape index (κ3) is 5.93. The van der Waals surface area contributed by atoms with Crippen molar-refractivity contribution in [3.63, 3.8) is 0 Å². The van der Waals surface area contributed by atoms with Crippen LogP contribution in [-0.2, 0) is 15.5 Å². The monoisotopic (exact) mass is 358 g/mol. The van der Waals surface area contributed by atoms with Gasteiger partial charge in [-0.3, -0.25) is 0 Å². The third-order valence-electron chi connectivity index (χ3n) is 3.64. The van der Waals surface area contributed by atoms with Crippen LogP contribution in [0.15, 0.2) is 48.5 Å². The predicted molar refractivity (Wildman–Crippen MR) is 99.8 cm³/mol. The Morgan fingerprint density at radius 1 is 1.12 bits per heavy atom. The van der Waals surface area contributed by atoms with E-state index in [2.05, 4.69) is 31.9 Å². The lowest BCUT2D eigenvalue weighted by molar-refractivity contribution is 0.346. The molecule has 0 aromatic heterocycles. The van der Waals surface area contributed by atoms with Crippen LogP contribution in [0.1, 0.15) is 38.2 Å². The van der Waals surface area contributed by atoms with Crippen molar-refractivity contribution >= 4 is 11.4 Å². The molecule has 0 amide bonds. The van der Waals surface area contributed by atoms with Gasteiger partial charge in [0.1, 0.15) is 12.4 Å². The summed E-state index contributed by atoms with van der Waals surface area (Å²) >= 11 is -1.97. The fourth-order valence-electron chi connectivity index (χ4n) is 2.37. The molecule has 0 saturated heterocycles. The maximum atomic E-state index is 11.7.